The highest BCUT2D eigenvalue weighted by molar-refractivity contribution is 5.97. The lowest BCUT2D eigenvalue weighted by molar-refractivity contribution is -0.140. The zero-order chi connectivity index (χ0) is 13.1. The quantitative estimate of drug-likeness (QED) is 0.594. The van der Waals surface area contributed by atoms with Crippen LogP contribution in [0.2, 0.25) is 0 Å². The third-order valence-electron chi connectivity index (χ3n) is 2.87. The summed E-state index contributed by atoms with van der Waals surface area (Å²) in [7, 11) is 0. The van der Waals surface area contributed by atoms with Gasteiger partial charge in [-0.25, -0.2) is 4.79 Å². The Bertz CT molecular complexity index is 487. The van der Waals surface area contributed by atoms with Crippen LogP contribution >= 0.6 is 0 Å². The van der Waals surface area contributed by atoms with Crippen LogP contribution in [0.15, 0.2) is 18.2 Å². The summed E-state index contributed by atoms with van der Waals surface area (Å²) >= 11 is 0. The number of fused-ring (bicyclic) bond motifs is 1. The smallest absolute Gasteiger partial charge is 0.328 e. The molecular formula is C12H14N2O4. The van der Waals surface area contributed by atoms with E-state index in [0.717, 1.165) is 24.2 Å². The van der Waals surface area contributed by atoms with Gasteiger partial charge in [0.2, 0.25) is 0 Å². The van der Waals surface area contributed by atoms with Crippen LogP contribution in [0.1, 0.15) is 15.9 Å². The first-order valence-electron chi connectivity index (χ1n) is 5.63. The normalized spacial score (nSPS) is 14.5. The first-order valence-corrected chi connectivity index (χ1v) is 5.63. The minimum Gasteiger partial charge on any atom is -0.480 e. The molecule has 4 N–H and O–H groups in total. The summed E-state index contributed by atoms with van der Waals surface area (Å²) in [6.07, 6.45) is 0.922. The summed E-state index contributed by atoms with van der Waals surface area (Å²) in [5.41, 5.74) is 2.42. The highest BCUT2D eigenvalue weighted by Gasteiger charge is 2.20. The average Bonchev–Trinajstić information content (AvgIpc) is 2.82. The van der Waals surface area contributed by atoms with E-state index in [1.807, 2.05) is 6.07 Å². The van der Waals surface area contributed by atoms with E-state index in [4.69, 9.17) is 10.2 Å². The van der Waals surface area contributed by atoms with Gasteiger partial charge in [-0.3, -0.25) is 4.79 Å². The summed E-state index contributed by atoms with van der Waals surface area (Å²) in [5, 5.41) is 23.0. The van der Waals surface area contributed by atoms with Gasteiger partial charge in [0.1, 0.15) is 0 Å². The predicted octanol–water partition coefficient (Wildman–Crippen LogP) is -0.170. The van der Waals surface area contributed by atoms with Crippen LogP contribution in [0, 0.1) is 0 Å². The molecule has 1 amide bonds. The largest absolute Gasteiger partial charge is 0.480 e. The number of nitrogens with one attached hydrogen (secondary N) is 2. The van der Waals surface area contributed by atoms with E-state index in [2.05, 4.69) is 10.6 Å². The second kappa shape index (κ2) is 5.05. The van der Waals surface area contributed by atoms with Gasteiger partial charge in [-0.1, -0.05) is 6.07 Å². The minimum atomic E-state index is -1.28. The van der Waals surface area contributed by atoms with E-state index in [1.54, 1.807) is 12.1 Å². The molecule has 6 heteroatoms. The van der Waals surface area contributed by atoms with E-state index in [9.17, 15) is 9.59 Å². The summed E-state index contributed by atoms with van der Waals surface area (Å²) in [6, 6.07) is 3.91. The van der Waals surface area contributed by atoms with E-state index in [-0.39, 0.29) is 0 Å². The van der Waals surface area contributed by atoms with Crippen LogP contribution in [-0.2, 0) is 11.2 Å². The predicted molar refractivity (Wildman–Crippen MR) is 64.6 cm³/mol. The maximum atomic E-state index is 11.8. The Morgan fingerprint density at radius 1 is 1.44 bits per heavy atom. The topological polar surface area (TPSA) is 98.7 Å². The minimum absolute atomic E-state index is 0.378. The van der Waals surface area contributed by atoms with E-state index in [0.29, 0.717) is 5.56 Å². The lowest BCUT2D eigenvalue weighted by Gasteiger charge is -2.12. The van der Waals surface area contributed by atoms with Gasteiger partial charge < -0.3 is 20.8 Å². The first kappa shape index (κ1) is 12.4. The van der Waals surface area contributed by atoms with E-state index >= 15 is 0 Å². The number of hydrogen-bond acceptors (Lipinski definition) is 4. The Balaban J connectivity index is 2.12. The number of aliphatic hydroxyl groups excluding tert-OH is 1. The third-order valence-corrected chi connectivity index (χ3v) is 2.87. The number of hydrogen-bond donors (Lipinski definition) is 4. The summed E-state index contributed by atoms with van der Waals surface area (Å²) in [5.74, 6) is -1.77. The van der Waals surface area contributed by atoms with Crippen molar-refractivity contribution in [2.75, 3.05) is 18.5 Å². The molecule has 0 fully saturated rings. The lowest BCUT2D eigenvalue weighted by Crippen LogP contribution is -2.43. The van der Waals surface area contributed by atoms with Crippen molar-refractivity contribution >= 4 is 17.6 Å². The van der Waals surface area contributed by atoms with Crippen molar-refractivity contribution in [3.05, 3.63) is 29.3 Å². The first-order chi connectivity index (χ1) is 8.61. The zero-order valence-corrected chi connectivity index (χ0v) is 9.64. The molecule has 0 unspecified atom stereocenters. The molecule has 6 nitrogen and oxygen atoms in total. The average molecular weight is 250 g/mol. The van der Waals surface area contributed by atoms with Gasteiger partial charge >= 0.3 is 5.97 Å². The number of benzene rings is 1. The molecule has 1 heterocycles. The van der Waals surface area contributed by atoms with Crippen molar-refractivity contribution in [2.24, 2.45) is 0 Å². The van der Waals surface area contributed by atoms with Gasteiger partial charge in [-0.15, -0.1) is 0 Å². The lowest BCUT2D eigenvalue weighted by atomic mass is 10.1. The van der Waals surface area contributed by atoms with Crippen LogP contribution in [0.3, 0.4) is 0 Å². The van der Waals surface area contributed by atoms with Gasteiger partial charge in [-0.05, 0) is 24.1 Å². The number of rotatable bonds is 4. The fraction of sp³-hybridized carbons (Fsp3) is 0.333. The van der Waals surface area contributed by atoms with Gasteiger partial charge in [0.25, 0.3) is 5.91 Å². The van der Waals surface area contributed by atoms with Crippen LogP contribution in [-0.4, -0.2) is 41.3 Å². The Labute approximate surface area is 104 Å². The number of aliphatic carboxylic acids is 1. The SMILES string of the molecule is O=C(N[C@@H](CO)C(=O)O)c1ccc2c(c1)NCC2. The number of carbonyl (C=O) groups is 2. The van der Waals surface area contributed by atoms with Crippen molar-refractivity contribution in [1.29, 1.82) is 0 Å². The standard InChI is InChI=1S/C12H14N2O4/c15-6-10(12(17)18)14-11(16)8-2-1-7-3-4-13-9(7)5-8/h1-2,5,10,13,15H,3-4,6H2,(H,14,16)(H,17,18)/t10-/m0/s1. The number of anilines is 1. The number of carbonyl (C=O) groups excluding carboxylic acids is 1. The molecule has 0 aliphatic carbocycles. The van der Waals surface area contributed by atoms with Crippen LogP contribution < -0.4 is 10.6 Å². The molecule has 0 bridgehead atoms. The van der Waals surface area contributed by atoms with Crippen molar-refractivity contribution in [2.45, 2.75) is 12.5 Å². The van der Waals surface area contributed by atoms with E-state index in [1.165, 1.54) is 0 Å². The van der Waals surface area contributed by atoms with Gasteiger partial charge in [0, 0.05) is 17.8 Å². The molecule has 1 aliphatic heterocycles. The molecule has 1 aliphatic rings. The summed E-state index contributed by atoms with van der Waals surface area (Å²) in [4.78, 5) is 22.5. The highest BCUT2D eigenvalue weighted by Crippen LogP contribution is 2.23. The monoisotopic (exact) mass is 250 g/mol. The molecule has 0 saturated heterocycles. The van der Waals surface area contributed by atoms with Gasteiger partial charge in [0.15, 0.2) is 6.04 Å². The molecule has 1 atom stereocenters. The Morgan fingerprint density at radius 3 is 2.89 bits per heavy atom. The summed E-state index contributed by atoms with van der Waals surface area (Å²) < 4.78 is 0. The fourth-order valence-corrected chi connectivity index (χ4v) is 1.86. The second-order valence-corrected chi connectivity index (χ2v) is 4.10. The number of aliphatic hydroxyl groups is 1. The molecule has 0 saturated carbocycles. The molecule has 0 aromatic heterocycles. The maximum Gasteiger partial charge on any atom is 0.328 e. The van der Waals surface area contributed by atoms with Gasteiger partial charge in [-0.2, -0.15) is 0 Å². The molecule has 1 aromatic carbocycles. The molecule has 96 valence electrons. The third kappa shape index (κ3) is 2.43. The fourth-order valence-electron chi connectivity index (χ4n) is 1.86. The Morgan fingerprint density at radius 2 is 2.22 bits per heavy atom. The number of carboxylic acids is 1. The molecule has 1 aromatic rings. The molecular weight excluding hydrogens is 236 g/mol. The zero-order valence-electron chi connectivity index (χ0n) is 9.64. The highest BCUT2D eigenvalue weighted by atomic mass is 16.4. The van der Waals surface area contributed by atoms with Crippen molar-refractivity contribution in [1.82, 2.24) is 5.32 Å². The second-order valence-electron chi connectivity index (χ2n) is 4.10. The van der Waals surface area contributed by atoms with Crippen LogP contribution in [0.25, 0.3) is 0 Å². The van der Waals surface area contributed by atoms with E-state index < -0.39 is 24.5 Å². The van der Waals surface area contributed by atoms with Crippen molar-refractivity contribution < 1.29 is 19.8 Å². The summed E-state index contributed by atoms with van der Waals surface area (Å²) in [6.45, 7) is 0.207. The molecule has 2 rings (SSSR count). The van der Waals surface area contributed by atoms with Crippen molar-refractivity contribution in [3.63, 3.8) is 0 Å². The van der Waals surface area contributed by atoms with Crippen molar-refractivity contribution in [3.8, 4) is 0 Å². The maximum absolute atomic E-state index is 11.8. The number of carboxylic acid groups (broad SMARTS) is 1. The van der Waals surface area contributed by atoms with Crippen LogP contribution in [0.4, 0.5) is 5.69 Å². The Hall–Kier alpha value is -2.08. The van der Waals surface area contributed by atoms with Crippen LogP contribution in [0.5, 0.6) is 0 Å². The number of amides is 1. The Kier molecular flexibility index (Phi) is 3.47. The van der Waals surface area contributed by atoms with Gasteiger partial charge in [0.05, 0.1) is 6.61 Å². The molecule has 0 radical (unpaired) electrons. The molecule has 18 heavy (non-hydrogen) atoms. The molecule has 0 spiro atoms.